The average molecular weight is 456 g/mol. The Morgan fingerprint density at radius 2 is 1.70 bits per heavy atom. The van der Waals surface area contributed by atoms with E-state index in [2.05, 4.69) is 60.5 Å². The fourth-order valence-corrected chi connectivity index (χ4v) is 4.61. The number of aromatic nitrogens is 1. The van der Waals surface area contributed by atoms with E-state index in [0.29, 0.717) is 17.3 Å². The van der Waals surface area contributed by atoms with Crippen LogP contribution < -0.4 is 5.32 Å². The summed E-state index contributed by atoms with van der Waals surface area (Å²) in [6.07, 6.45) is 0. The Labute approximate surface area is 198 Å². The first kappa shape index (κ1) is 21.5. The highest BCUT2D eigenvalue weighted by molar-refractivity contribution is 6.31. The maximum Gasteiger partial charge on any atom is 0.120 e. The first-order chi connectivity index (χ1) is 16.1. The molecule has 4 aromatic carbocycles. The van der Waals surface area contributed by atoms with Gasteiger partial charge in [0.25, 0.3) is 0 Å². The van der Waals surface area contributed by atoms with E-state index in [0.717, 1.165) is 62.6 Å². The minimum atomic E-state index is 0.314. The molecule has 0 amide bonds. The van der Waals surface area contributed by atoms with Crippen LogP contribution in [-0.2, 0) is 6.54 Å². The predicted molar refractivity (Wildman–Crippen MR) is 140 cm³/mol. The molecule has 0 aliphatic carbocycles. The van der Waals surface area contributed by atoms with Gasteiger partial charge in [0.05, 0.1) is 16.7 Å². The standard InChI is InChI=1S/C28H26ClN3O/c1-3-32(4-2)17-19-15-21(11-14-26(19)33)30-28-23-12-10-20(29)16-25(23)31-24-13-9-18-7-5-6-8-22(18)27(24)28/h5-16,33H,3-4,17H2,1-2H3,(H,30,31). The van der Waals surface area contributed by atoms with Crippen LogP contribution in [0, 0.1) is 0 Å². The summed E-state index contributed by atoms with van der Waals surface area (Å²) in [7, 11) is 0. The van der Waals surface area contributed by atoms with Gasteiger partial charge in [-0.3, -0.25) is 4.90 Å². The zero-order chi connectivity index (χ0) is 22.9. The van der Waals surface area contributed by atoms with Crippen LogP contribution >= 0.6 is 11.6 Å². The van der Waals surface area contributed by atoms with Crippen LogP contribution in [0.5, 0.6) is 5.75 Å². The smallest absolute Gasteiger partial charge is 0.120 e. The quantitative estimate of drug-likeness (QED) is 0.158. The average Bonchev–Trinajstić information content (AvgIpc) is 2.83. The number of phenols is 1. The van der Waals surface area contributed by atoms with E-state index < -0.39 is 0 Å². The minimum Gasteiger partial charge on any atom is -0.508 e. The van der Waals surface area contributed by atoms with Gasteiger partial charge < -0.3 is 10.4 Å². The van der Waals surface area contributed by atoms with Gasteiger partial charge in [0, 0.05) is 33.6 Å². The number of fused-ring (bicyclic) bond motifs is 4. The number of phenolic OH excluding ortho intramolecular Hbond substituents is 1. The highest BCUT2D eigenvalue weighted by Crippen LogP contribution is 2.38. The fourth-order valence-electron chi connectivity index (χ4n) is 4.44. The van der Waals surface area contributed by atoms with E-state index in [-0.39, 0.29) is 0 Å². The SMILES string of the molecule is CCN(CC)Cc1cc(Nc2c3ccc(Cl)cc3nc3ccc4ccccc4c23)ccc1O. The lowest BCUT2D eigenvalue weighted by atomic mass is 10.0. The van der Waals surface area contributed by atoms with Gasteiger partial charge in [-0.15, -0.1) is 0 Å². The summed E-state index contributed by atoms with van der Waals surface area (Å²) >= 11 is 6.30. The van der Waals surface area contributed by atoms with Gasteiger partial charge in [-0.05, 0) is 66.3 Å². The first-order valence-electron chi connectivity index (χ1n) is 11.3. The number of benzene rings is 4. The summed E-state index contributed by atoms with van der Waals surface area (Å²) in [5, 5.41) is 19.2. The highest BCUT2D eigenvalue weighted by atomic mass is 35.5. The van der Waals surface area contributed by atoms with Crippen LogP contribution in [0.4, 0.5) is 11.4 Å². The normalized spacial score (nSPS) is 11.6. The maximum atomic E-state index is 10.5. The Morgan fingerprint density at radius 1 is 0.879 bits per heavy atom. The molecule has 5 rings (SSSR count). The van der Waals surface area contributed by atoms with Crippen molar-refractivity contribution in [1.29, 1.82) is 0 Å². The molecule has 5 heteroatoms. The van der Waals surface area contributed by atoms with Crippen molar-refractivity contribution >= 4 is 55.6 Å². The van der Waals surface area contributed by atoms with Gasteiger partial charge in [-0.2, -0.15) is 0 Å². The molecule has 0 aliphatic heterocycles. The number of anilines is 2. The molecule has 1 heterocycles. The van der Waals surface area contributed by atoms with Crippen molar-refractivity contribution < 1.29 is 5.11 Å². The van der Waals surface area contributed by atoms with Crippen LogP contribution in [0.25, 0.3) is 32.6 Å². The Balaban J connectivity index is 1.72. The Kier molecular flexibility index (Phi) is 5.79. The molecule has 0 unspecified atom stereocenters. The fraction of sp³-hybridized carbons (Fsp3) is 0.179. The summed E-state index contributed by atoms with van der Waals surface area (Å²) in [5.41, 5.74) is 4.57. The topological polar surface area (TPSA) is 48.4 Å². The first-order valence-corrected chi connectivity index (χ1v) is 11.7. The molecule has 1 aromatic heterocycles. The molecule has 0 fully saturated rings. The number of pyridine rings is 1. The number of nitrogens with one attached hydrogen (secondary N) is 1. The highest BCUT2D eigenvalue weighted by Gasteiger charge is 2.14. The molecule has 0 saturated heterocycles. The largest absolute Gasteiger partial charge is 0.508 e. The Bertz CT molecular complexity index is 1480. The van der Waals surface area contributed by atoms with E-state index in [4.69, 9.17) is 16.6 Å². The number of hydrogen-bond donors (Lipinski definition) is 2. The molecule has 166 valence electrons. The number of rotatable bonds is 6. The molecule has 0 atom stereocenters. The molecular weight excluding hydrogens is 430 g/mol. The molecule has 0 saturated carbocycles. The summed E-state index contributed by atoms with van der Waals surface area (Å²) in [6.45, 7) is 6.83. The lowest BCUT2D eigenvalue weighted by Gasteiger charge is -2.20. The minimum absolute atomic E-state index is 0.314. The number of hydrogen-bond acceptors (Lipinski definition) is 4. The van der Waals surface area contributed by atoms with E-state index in [1.807, 2.05) is 30.3 Å². The van der Waals surface area contributed by atoms with Crippen molar-refractivity contribution in [3.8, 4) is 5.75 Å². The van der Waals surface area contributed by atoms with Gasteiger partial charge in [0.2, 0.25) is 0 Å². The molecule has 0 bridgehead atoms. The third-order valence-electron chi connectivity index (χ3n) is 6.26. The Morgan fingerprint density at radius 3 is 2.52 bits per heavy atom. The second-order valence-corrected chi connectivity index (χ2v) is 8.70. The summed E-state index contributed by atoms with van der Waals surface area (Å²) < 4.78 is 0. The van der Waals surface area contributed by atoms with Crippen molar-refractivity contribution in [1.82, 2.24) is 9.88 Å². The molecule has 4 nitrogen and oxygen atoms in total. The molecule has 2 N–H and O–H groups in total. The van der Waals surface area contributed by atoms with Gasteiger partial charge in [0.15, 0.2) is 0 Å². The third-order valence-corrected chi connectivity index (χ3v) is 6.50. The maximum absolute atomic E-state index is 10.5. The molecule has 0 radical (unpaired) electrons. The summed E-state index contributed by atoms with van der Waals surface area (Å²) in [4.78, 5) is 7.20. The third kappa shape index (κ3) is 4.08. The van der Waals surface area contributed by atoms with Gasteiger partial charge in [-0.25, -0.2) is 4.98 Å². The van der Waals surface area contributed by atoms with Gasteiger partial charge >= 0.3 is 0 Å². The summed E-state index contributed by atoms with van der Waals surface area (Å²) in [5.74, 6) is 0.314. The van der Waals surface area contributed by atoms with E-state index in [1.54, 1.807) is 6.07 Å². The molecule has 0 spiro atoms. The monoisotopic (exact) mass is 455 g/mol. The van der Waals surface area contributed by atoms with Gasteiger partial charge in [0.1, 0.15) is 5.75 Å². The molecule has 5 aromatic rings. The van der Waals surface area contributed by atoms with Crippen LogP contribution in [0.1, 0.15) is 19.4 Å². The summed E-state index contributed by atoms with van der Waals surface area (Å²) in [6, 6.07) is 24.1. The van der Waals surface area contributed by atoms with Crippen LogP contribution in [0.2, 0.25) is 5.02 Å². The van der Waals surface area contributed by atoms with Crippen LogP contribution in [0.15, 0.2) is 72.8 Å². The number of nitrogens with zero attached hydrogens (tertiary/aromatic N) is 2. The zero-order valence-corrected chi connectivity index (χ0v) is 19.5. The van der Waals surface area contributed by atoms with Crippen molar-refractivity contribution in [3.05, 3.63) is 83.4 Å². The predicted octanol–water partition coefficient (Wildman–Crippen LogP) is 7.49. The van der Waals surface area contributed by atoms with E-state index in [9.17, 15) is 5.11 Å². The molecule has 0 aliphatic rings. The van der Waals surface area contributed by atoms with Crippen molar-refractivity contribution in [2.24, 2.45) is 0 Å². The van der Waals surface area contributed by atoms with Crippen molar-refractivity contribution in [3.63, 3.8) is 0 Å². The van der Waals surface area contributed by atoms with Crippen LogP contribution in [-0.4, -0.2) is 28.1 Å². The Hall–Kier alpha value is -3.34. The molecule has 33 heavy (non-hydrogen) atoms. The van der Waals surface area contributed by atoms with E-state index >= 15 is 0 Å². The lowest BCUT2D eigenvalue weighted by molar-refractivity contribution is 0.291. The second-order valence-electron chi connectivity index (χ2n) is 8.26. The lowest BCUT2D eigenvalue weighted by Crippen LogP contribution is -2.22. The van der Waals surface area contributed by atoms with E-state index in [1.165, 1.54) is 0 Å². The van der Waals surface area contributed by atoms with Crippen LogP contribution in [0.3, 0.4) is 0 Å². The second kappa shape index (κ2) is 8.89. The van der Waals surface area contributed by atoms with Crippen molar-refractivity contribution in [2.75, 3.05) is 18.4 Å². The van der Waals surface area contributed by atoms with Crippen molar-refractivity contribution in [2.45, 2.75) is 20.4 Å². The van der Waals surface area contributed by atoms with Gasteiger partial charge in [-0.1, -0.05) is 55.8 Å². The number of aromatic hydroxyl groups is 1. The number of halogens is 1. The molecular formula is C28H26ClN3O. The zero-order valence-electron chi connectivity index (χ0n) is 18.8.